The monoisotopic (exact) mass is 508 g/mol. The summed E-state index contributed by atoms with van der Waals surface area (Å²) in [5.74, 6) is -0.0146. The van der Waals surface area contributed by atoms with E-state index in [1.54, 1.807) is 0 Å². The summed E-state index contributed by atoms with van der Waals surface area (Å²) >= 11 is 0. The molecule has 0 aliphatic carbocycles. The minimum atomic E-state index is -4.91. The number of rotatable bonds is 23. The van der Waals surface area contributed by atoms with Crippen LogP contribution in [-0.2, 0) is 18.6 Å². The highest BCUT2D eigenvalue weighted by Gasteiger charge is 2.24. The number of hydrogen-bond acceptors (Lipinski definition) is 5. The summed E-state index contributed by atoms with van der Waals surface area (Å²) in [6.07, 6.45) is 16.5. The van der Waals surface area contributed by atoms with Crippen LogP contribution in [0.15, 0.2) is 0 Å². The van der Waals surface area contributed by atoms with Gasteiger partial charge < -0.3 is 24.3 Å². The van der Waals surface area contributed by atoms with E-state index in [0.29, 0.717) is 17.3 Å². The van der Waals surface area contributed by atoms with Gasteiger partial charge in [-0.3, -0.25) is 13.9 Å². The van der Waals surface area contributed by atoms with Crippen molar-refractivity contribution in [2.24, 2.45) is 0 Å². The Morgan fingerprint density at radius 1 is 0.912 bits per heavy atom. The Morgan fingerprint density at radius 3 is 1.79 bits per heavy atom. The maximum atomic E-state index is 12.3. The number of unbranched alkanes of at least 4 members (excludes halogenated alkanes) is 12. The van der Waals surface area contributed by atoms with Crippen molar-refractivity contribution in [2.45, 2.75) is 122 Å². The Morgan fingerprint density at radius 2 is 1.38 bits per heavy atom. The van der Waals surface area contributed by atoms with Gasteiger partial charge in [-0.05, 0) is 12.8 Å². The molecule has 2 N–H and O–H groups in total. The summed E-state index contributed by atoms with van der Waals surface area (Å²) in [6, 6.07) is -0.238. The number of hydrogen-bond donors (Lipinski definition) is 2. The minimum Gasteiger partial charge on any atom is -0.756 e. The molecule has 0 rings (SSSR count). The van der Waals surface area contributed by atoms with Crippen molar-refractivity contribution in [3.63, 3.8) is 0 Å². The van der Waals surface area contributed by atoms with Crippen molar-refractivity contribution in [1.29, 1.82) is 0 Å². The van der Waals surface area contributed by atoms with Gasteiger partial charge in [0.25, 0.3) is 7.82 Å². The number of nitrogens with zero attached hydrogens (tertiary/aromatic N) is 1. The average Bonchev–Trinajstić information content (AvgIpc) is 2.72. The average molecular weight is 509 g/mol. The van der Waals surface area contributed by atoms with Gasteiger partial charge >= 0.3 is 0 Å². The summed E-state index contributed by atoms with van der Waals surface area (Å²) in [5, 5.41) is 2.96. The predicted octanol–water partition coefficient (Wildman–Crippen LogP) is 4.89. The molecule has 0 bridgehead atoms. The van der Waals surface area contributed by atoms with Crippen LogP contribution in [0.2, 0.25) is 0 Å². The lowest BCUT2D eigenvalue weighted by atomic mass is 10.0. The third-order valence-electron chi connectivity index (χ3n) is 5.80. The molecule has 9 heteroatoms. The fourth-order valence-corrected chi connectivity index (χ4v) is 4.23. The van der Waals surface area contributed by atoms with Crippen LogP contribution < -0.4 is 10.2 Å². The lowest BCUT2D eigenvalue weighted by Crippen LogP contribution is -2.45. The second-order valence-corrected chi connectivity index (χ2v) is 11.6. The number of quaternary nitrogens is 1. The number of nitrogens with one attached hydrogen (secondary N) is 1. The van der Waals surface area contributed by atoms with Crippen LogP contribution in [-0.4, -0.2) is 61.9 Å². The first kappa shape index (κ1) is 33.5. The van der Waals surface area contributed by atoms with Crippen LogP contribution in [0.25, 0.3) is 0 Å². The topological polar surface area (TPSA) is 108 Å². The predicted molar refractivity (Wildman–Crippen MR) is 136 cm³/mol. The lowest BCUT2D eigenvalue weighted by molar-refractivity contribution is -0.876. The molecule has 1 amide bonds. The van der Waals surface area contributed by atoms with E-state index in [1.807, 2.05) is 28.1 Å². The zero-order valence-corrected chi connectivity index (χ0v) is 23.5. The molecule has 0 aromatic carbocycles. The van der Waals surface area contributed by atoms with Crippen molar-refractivity contribution in [2.75, 3.05) is 34.3 Å². The number of likely N-dealkylation sites (N-methyl/N-ethyl adjacent to an activating group) is 1. The van der Waals surface area contributed by atoms with Crippen LogP contribution >= 0.6 is 7.82 Å². The molecule has 0 heterocycles. The van der Waals surface area contributed by atoms with Crippen molar-refractivity contribution < 1.29 is 32.9 Å². The third-order valence-corrected chi connectivity index (χ3v) is 6.30. The number of ether oxygens (including phenoxy) is 1. The number of carbonyl (C=O) groups is 1. The smallest absolute Gasteiger partial charge is 0.267 e. The van der Waals surface area contributed by atoms with Gasteiger partial charge in [0.2, 0.25) is 12.2 Å². The molecule has 0 aliphatic rings. The fraction of sp³-hybridized carbons (Fsp3) is 0.960. The van der Waals surface area contributed by atoms with E-state index in [-0.39, 0.29) is 25.1 Å². The van der Waals surface area contributed by atoms with Gasteiger partial charge in [-0.25, -0.2) is 0 Å². The van der Waals surface area contributed by atoms with Crippen molar-refractivity contribution in [3.8, 4) is 0 Å². The fourth-order valence-electron chi connectivity index (χ4n) is 3.80. The van der Waals surface area contributed by atoms with Crippen LogP contribution in [0.1, 0.15) is 110 Å². The minimum absolute atomic E-state index is 0.0146. The molecular weight excluding hydrogens is 455 g/mol. The molecule has 8 nitrogen and oxygen atoms in total. The van der Waals surface area contributed by atoms with Gasteiger partial charge in [-0.15, -0.1) is 0 Å². The summed E-state index contributed by atoms with van der Waals surface area (Å²) in [6.45, 7) is 4.53. The van der Waals surface area contributed by atoms with Gasteiger partial charge in [-0.2, -0.15) is 0 Å². The van der Waals surface area contributed by atoms with E-state index >= 15 is 0 Å². The van der Waals surface area contributed by atoms with Crippen molar-refractivity contribution >= 4 is 13.7 Å². The maximum absolute atomic E-state index is 12.3. The highest BCUT2D eigenvalue weighted by Crippen LogP contribution is 2.33. The summed E-state index contributed by atoms with van der Waals surface area (Å²) in [5.41, 5.74) is 0. The molecular formula is C25H53N2O6P. The Bertz CT molecular complexity index is 550. The number of carbonyl (C=O) groups excluding carboxylic acids is 1. The molecule has 0 fully saturated rings. The molecule has 0 aromatic rings. The highest BCUT2D eigenvalue weighted by atomic mass is 31.2. The molecule has 0 spiro atoms. The normalized spacial score (nSPS) is 15.6. The van der Waals surface area contributed by atoms with Crippen molar-refractivity contribution in [3.05, 3.63) is 0 Å². The second kappa shape index (κ2) is 19.7. The van der Waals surface area contributed by atoms with Gasteiger partial charge in [-0.1, -0.05) is 90.9 Å². The zero-order valence-electron chi connectivity index (χ0n) is 22.6. The molecule has 0 radical (unpaired) electrons. The number of phosphoric acid groups is 1. The molecule has 0 saturated carbocycles. The highest BCUT2D eigenvalue weighted by molar-refractivity contribution is 7.44. The molecule has 34 heavy (non-hydrogen) atoms. The number of phosphoric ester groups is 1. The summed E-state index contributed by atoms with van der Waals surface area (Å²) in [7, 11) is 0.673. The lowest BCUT2D eigenvalue weighted by Gasteiger charge is -2.32. The van der Waals surface area contributed by atoms with Gasteiger partial charge in [0.1, 0.15) is 6.54 Å². The van der Waals surface area contributed by atoms with E-state index in [2.05, 4.69) is 16.8 Å². The Balaban J connectivity index is 3.94. The third kappa shape index (κ3) is 23.3. The zero-order chi connectivity index (χ0) is 25.9. The maximum Gasteiger partial charge on any atom is 0.267 e. The van der Waals surface area contributed by atoms with E-state index in [0.717, 1.165) is 12.8 Å². The summed E-state index contributed by atoms with van der Waals surface area (Å²) in [4.78, 5) is 32.4. The Hall–Kier alpha value is -0.500. The molecule has 3 unspecified atom stereocenters. The van der Waals surface area contributed by atoms with Crippen LogP contribution in [0.4, 0.5) is 0 Å². The van der Waals surface area contributed by atoms with Crippen molar-refractivity contribution in [1.82, 2.24) is 5.32 Å². The molecule has 204 valence electrons. The van der Waals surface area contributed by atoms with E-state index in [1.165, 1.54) is 70.6 Å². The first-order valence-electron chi connectivity index (χ1n) is 13.4. The van der Waals surface area contributed by atoms with Crippen LogP contribution in [0, 0.1) is 0 Å². The molecule has 0 aromatic heterocycles. The first-order chi connectivity index (χ1) is 16.0. The quantitative estimate of drug-likeness (QED) is 0.0881. The largest absolute Gasteiger partial charge is 0.756 e. The standard InChI is InChI=1S/C25H53N2O6P/c1-6-8-9-10-11-12-13-14-15-16-17-18-19-20-24(28)26-23(7-2)22-32-25(21-27(3,4)5)33-34(29,30)31/h23,25H,6-22H2,1-5H3,(H2-,26,28,29,30,31). The van der Waals surface area contributed by atoms with Gasteiger partial charge in [0.15, 0.2) is 0 Å². The van der Waals surface area contributed by atoms with Crippen LogP contribution in [0.5, 0.6) is 0 Å². The summed E-state index contributed by atoms with van der Waals surface area (Å²) < 4.78 is 21.8. The van der Waals surface area contributed by atoms with E-state index in [4.69, 9.17) is 9.63 Å². The number of amides is 1. The first-order valence-corrected chi connectivity index (χ1v) is 14.9. The van der Waals surface area contributed by atoms with E-state index < -0.39 is 14.1 Å². The molecule has 0 saturated heterocycles. The molecule has 3 atom stereocenters. The van der Waals surface area contributed by atoms with Crippen LogP contribution in [0.3, 0.4) is 0 Å². The van der Waals surface area contributed by atoms with Gasteiger partial charge in [0, 0.05) is 6.42 Å². The Kier molecular flexibility index (Phi) is 19.4. The Labute approximate surface area is 209 Å². The molecule has 0 aliphatic heterocycles. The SMILES string of the molecule is CCCCCCCCCCCCCCCC(=O)NC(CC)COC(C[N+](C)(C)C)OP(=O)([O-])O. The van der Waals surface area contributed by atoms with Gasteiger partial charge in [0.05, 0.1) is 33.8 Å². The van der Waals surface area contributed by atoms with E-state index in [9.17, 15) is 14.3 Å². The second-order valence-electron chi connectivity index (χ2n) is 10.5.